The molecule has 0 saturated heterocycles. The van der Waals surface area contributed by atoms with E-state index in [2.05, 4.69) is 6.92 Å². The van der Waals surface area contributed by atoms with Crippen molar-refractivity contribution in [3.05, 3.63) is 6.92 Å². The molecule has 0 unspecified atom stereocenters. The first kappa shape index (κ1) is 20.1. The number of hydrogen-bond acceptors (Lipinski definition) is 1. The zero-order valence-electron chi connectivity index (χ0n) is 13.1. The number of hydrogen-bond donors (Lipinski definition) is 2. The van der Waals surface area contributed by atoms with Crippen LogP contribution in [0, 0.1) is 6.92 Å². The monoisotopic (exact) mass is 305 g/mol. The van der Waals surface area contributed by atoms with Gasteiger partial charge in [-0.2, -0.15) is 0 Å². The predicted molar refractivity (Wildman–Crippen MR) is 86.9 cm³/mol. The van der Waals surface area contributed by atoms with Crippen molar-refractivity contribution in [1.29, 1.82) is 0 Å². The summed E-state index contributed by atoms with van der Waals surface area (Å²) in [4.78, 5) is 17.4. The molecule has 0 aromatic heterocycles. The lowest BCUT2D eigenvalue weighted by Gasteiger charge is -2.04. The van der Waals surface area contributed by atoms with Gasteiger partial charge in [-0.25, -0.2) is 0 Å². The van der Waals surface area contributed by atoms with Crippen molar-refractivity contribution in [3.63, 3.8) is 0 Å². The first-order valence-electron chi connectivity index (χ1n) is 8.40. The van der Waals surface area contributed by atoms with Gasteiger partial charge in [0.05, 0.1) is 0 Å². The maximum absolute atomic E-state index is 10.6. The lowest BCUT2D eigenvalue weighted by Crippen LogP contribution is -1.88. The summed E-state index contributed by atoms with van der Waals surface area (Å²) in [5.41, 5.74) is 0. The summed E-state index contributed by atoms with van der Waals surface area (Å²) >= 11 is 0. The Morgan fingerprint density at radius 2 is 0.900 bits per heavy atom. The molecule has 0 aromatic carbocycles. The van der Waals surface area contributed by atoms with Gasteiger partial charge in [0.15, 0.2) is 0 Å². The second-order valence-electron chi connectivity index (χ2n) is 5.84. The SMILES string of the molecule is [CH2]CCCCCCCCCCCCCCCP(=O)(O)O. The zero-order chi connectivity index (χ0) is 15.1. The van der Waals surface area contributed by atoms with E-state index in [1.165, 1.54) is 64.2 Å². The van der Waals surface area contributed by atoms with E-state index in [-0.39, 0.29) is 6.16 Å². The lowest BCUT2D eigenvalue weighted by atomic mass is 10.0. The fourth-order valence-corrected chi connectivity index (χ4v) is 3.07. The largest absolute Gasteiger partial charge is 0.325 e. The van der Waals surface area contributed by atoms with Gasteiger partial charge in [0, 0.05) is 6.16 Å². The van der Waals surface area contributed by atoms with Crippen LogP contribution in [-0.2, 0) is 4.57 Å². The van der Waals surface area contributed by atoms with Crippen molar-refractivity contribution >= 4 is 7.60 Å². The highest BCUT2D eigenvalue weighted by Crippen LogP contribution is 2.35. The van der Waals surface area contributed by atoms with Crippen LogP contribution in [-0.4, -0.2) is 15.9 Å². The van der Waals surface area contributed by atoms with E-state index in [9.17, 15) is 4.57 Å². The summed E-state index contributed by atoms with van der Waals surface area (Å²) in [7, 11) is -3.75. The summed E-state index contributed by atoms with van der Waals surface area (Å²) in [6, 6.07) is 0. The summed E-state index contributed by atoms with van der Waals surface area (Å²) in [6.07, 6.45) is 17.1. The van der Waals surface area contributed by atoms with Crippen LogP contribution in [0.3, 0.4) is 0 Å². The topological polar surface area (TPSA) is 57.5 Å². The van der Waals surface area contributed by atoms with Crippen LogP contribution in [0.4, 0.5) is 0 Å². The van der Waals surface area contributed by atoms with Crippen LogP contribution in [0.25, 0.3) is 0 Å². The molecule has 0 saturated carbocycles. The maximum atomic E-state index is 10.6. The van der Waals surface area contributed by atoms with Gasteiger partial charge in [0.1, 0.15) is 0 Å². The molecule has 0 fully saturated rings. The molecule has 0 amide bonds. The second-order valence-corrected chi connectivity index (χ2v) is 7.61. The highest BCUT2D eigenvalue weighted by Gasteiger charge is 2.10. The molecule has 0 aliphatic rings. The van der Waals surface area contributed by atoms with Gasteiger partial charge >= 0.3 is 7.60 Å². The molecule has 0 aliphatic carbocycles. The standard InChI is InChI=1S/C16H34O3P/c1-2-3-4-5-6-7-8-9-10-11-12-13-14-15-16-20(17,18)19/h1-16H2,(H2,17,18,19). The summed E-state index contributed by atoms with van der Waals surface area (Å²) < 4.78 is 10.6. The third-order valence-corrected chi connectivity index (χ3v) is 4.60. The minimum atomic E-state index is -3.75. The zero-order valence-corrected chi connectivity index (χ0v) is 14.0. The molecule has 0 aromatic rings. The second kappa shape index (κ2) is 14.1. The summed E-state index contributed by atoms with van der Waals surface area (Å²) in [6.45, 7) is 3.85. The fraction of sp³-hybridized carbons (Fsp3) is 0.938. The Bertz CT molecular complexity index is 238. The Hall–Kier alpha value is 0.150. The fourth-order valence-electron chi connectivity index (χ4n) is 2.44. The Kier molecular flexibility index (Phi) is 14.2. The highest BCUT2D eigenvalue weighted by molar-refractivity contribution is 7.51. The third-order valence-electron chi connectivity index (χ3n) is 3.70. The minimum absolute atomic E-state index is 0.0566. The number of rotatable bonds is 15. The van der Waals surface area contributed by atoms with Gasteiger partial charge in [-0.1, -0.05) is 90.4 Å². The van der Waals surface area contributed by atoms with Crippen LogP contribution in [0.2, 0.25) is 0 Å². The molecule has 20 heavy (non-hydrogen) atoms. The van der Waals surface area contributed by atoms with Crippen molar-refractivity contribution < 1.29 is 14.4 Å². The molecule has 0 aliphatic heterocycles. The van der Waals surface area contributed by atoms with Gasteiger partial charge in [-0.15, -0.1) is 0 Å². The summed E-state index contributed by atoms with van der Waals surface area (Å²) in [5, 5.41) is 0. The van der Waals surface area contributed by atoms with Gasteiger partial charge in [0.2, 0.25) is 0 Å². The quantitative estimate of drug-likeness (QED) is 0.312. The molecule has 0 atom stereocenters. The average molecular weight is 305 g/mol. The van der Waals surface area contributed by atoms with Crippen LogP contribution in [0.15, 0.2) is 0 Å². The lowest BCUT2D eigenvalue weighted by molar-refractivity contribution is 0.370. The van der Waals surface area contributed by atoms with Crippen molar-refractivity contribution in [2.24, 2.45) is 0 Å². The molecule has 2 N–H and O–H groups in total. The van der Waals surface area contributed by atoms with E-state index in [1.54, 1.807) is 0 Å². The van der Waals surface area contributed by atoms with Crippen LogP contribution in [0.5, 0.6) is 0 Å². The Labute approximate surface area is 125 Å². The Morgan fingerprint density at radius 1 is 0.600 bits per heavy atom. The van der Waals surface area contributed by atoms with Gasteiger partial charge in [-0.05, 0) is 6.42 Å². The molecule has 121 valence electrons. The molecule has 4 heteroatoms. The maximum Gasteiger partial charge on any atom is 0.325 e. The average Bonchev–Trinajstić information content (AvgIpc) is 2.38. The summed E-state index contributed by atoms with van der Waals surface area (Å²) in [5.74, 6) is 0. The van der Waals surface area contributed by atoms with E-state index in [1.807, 2.05) is 0 Å². The van der Waals surface area contributed by atoms with Gasteiger partial charge in [0.25, 0.3) is 0 Å². The highest BCUT2D eigenvalue weighted by atomic mass is 31.2. The molecular formula is C16H34O3P. The van der Waals surface area contributed by atoms with E-state index in [4.69, 9.17) is 9.79 Å². The van der Waals surface area contributed by atoms with Crippen LogP contribution < -0.4 is 0 Å². The smallest absolute Gasteiger partial charge is 0.324 e. The molecule has 0 rings (SSSR count). The number of unbranched alkanes of at least 4 members (excludes halogenated alkanes) is 13. The molecule has 0 heterocycles. The van der Waals surface area contributed by atoms with E-state index >= 15 is 0 Å². The van der Waals surface area contributed by atoms with E-state index < -0.39 is 7.60 Å². The molecule has 0 bridgehead atoms. The van der Waals surface area contributed by atoms with Crippen LogP contribution >= 0.6 is 7.60 Å². The molecule has 3 nitrogen and oxygen atoms in total. The normalized spacial score (nSPS) is 11.9. The Morgan fingerprint density at radius 3 is 1.20 bits per heavy atom. The van der Waals surface area contributed by atoms with Crippen molar-refractivity contribution in [3.8, 4) is 0 Å². The predicted octanol–water partition coefficient (Wildman–Crippen LogP) is 5.46. The molecule has 1 radical (unpaired) electrons. The Balaban J connectivity index is 3.01. The van der Waals surface area contributed by atoms with Crippen molar-refractivity contribution in [1.82, 2.24) is 0 Å². The molecular weight excluding hydrogens is 271 g/mol. The van der Waals surface area contributed by atoms with E-state index in [0.717, 1.165) is 19.3 Å². The van der Waals surface area contributed by atoms with Crippen LogP contribution in [0.1, 0.15) is 89.9 Å². The van der Waals surface area contributed by atoms with E-state index in [0.29, 0.717) is 6.42 Å². The van der Waals surface area contributed by atoms with Gasteiger partial charge < -0.3 is 9.79 Å². The van der Waals surface area contributed by atoms with Crippen molar-refractivity contribution in [2.45, 2.75) is 89.9 Å². The first-order chi connectivity index (χ1) is 9.56. The molecule has 0 spiro atoms. The third kappa shape index (κ3) is 18.1. The first-order valence-corrected chi connectivity index (χ1v) is 10.2. The van der Waals surface area contributed by atoms with Crippen molar-refractivity contribution in [2.75, 3.05) is 6.16 Å². The minimum Gasteiger partial charge on any atom is -0.324 e. The van der Waals surface area contributed by atoms with Gasteiger partial charge in [-0.3, -0.25) is 4.57 Å².